The van der Waals surface area contributed by atoms with Crippen molar-refractivity contribution in [2.24, 2.45) is 0 Å². The van der Waals surface area contributed by atoms with Crippen molar-refractivity contribution >= 4 is 17.5 Å². The number of nitrogens with one attached hydrogen (secondary N) is 1. The Bertz CT molecular complexity index is 572. The molecule has 0 amide bonds. The fourth-order valence-electron chi connectivity index (χ4n) is 1.85. The molecule has 0 fully saturated rings. The van der Waals surface area contributed by atoms with Crippen LogP contribution in [-0.2, 0) is 0 Å². The van der Waals surface area contributed by atoms with Crippen molar-refractivity contribution in [3.05, 3.63) is 46.6 Å². The normalized spacial score (nSPS) is 12.0. The van der Waals surface area contributed by atoms with Crippen molar-refractivity contribution in [2.45, 2.75) is 26.8 Å². The summed E-state index contributed by atoms with van der Waals surface area (Å²) in [6.45, 7) is 6.49. The summed E-state index contributed by atoms with van der Waals surface area (Å²) in [5.74, 6) is 1.15. The standard InChI is InChI=1S/C15H18ClN3O/c1-4-20-14-9-10(2)17-15(19-14)18-11(3)12-5-7-13(16)8-6-12/h5-9,11H,4H2,1-3H3,(H,17,18,19). The predicted molar refractivity (Wildman–Crippen MR) is 81.4 cm³/mol. The van der Waals surface area contributed by atoms with Crippen molar-refractivity contribution in [3.8, 4) is 5.88 Å². The molecule has 1 aromatic heterocycles. The molecular weight excluding hydrogens is 274 g/mol. The zero-order valence-corrected chi connectivity index (χ0v) is 12.6. The minimum absolute atomic E-state index is 0.0866. The first-order valence-corrected chi connectivity index (χ1v) is 6.96. The second-order valence-corrected chi connectivity index (χ2v) is 4.96. The van der Waals surface area contributed by atoms with Crippen LogP contribution in [0.3, 0.4) is 0 Å². The van der Waals surface area contributed by atoms with E-state index < -0.39 is 0 Å². The van der Waals surface area contributed by atoms with Gasteiger partial charge in [0, 0.05) is 16.8 Å². The first-order valence-electron chi connectivity index (χ1n) is 6.59. The Hall–Kier alpha value is -1.81. The average Bonchev–Trinajstić information content (AvgIpc) is 2.39. The van der Waals surface area contributed by atoms with Gasteiger partial charge >= 0.3 is 0 Å². The monoisotopic (exact) mass is 291 g/mol. The topological polar surface area (TPSA) is 47.0 Å². The van der Waals surface area contributed by atoms with Crippen LogP contribution >= 0.6 is 11.6 Å². The number of aryl methyl sites for hydroxylation is 1. The van der Waals surface area contributed by atoms with Gasteiger partial charge in [-0.15, -0.1) is 0 Å². The lowest BCUT2D eigenvalue weighted by Crippen LogP contribution is -2.10. The second-order valence-electron chi connectivity index (χ2n) is 4.52. The number of rotatable bonds is 5. The second kappa shape index (κ2) is 6.57. The molecule has 0 spiro atoms. The molecule has 20 heavy (non-hydrogen) atoms. The van der Waals surface area contributed by atoms with Gasteiger partial charge in [0.15, 0.2) is 0 Å². The van der Waals surface area contributed by atoms with Crippen LogP contribution in [0.25, 0.3) is 0 Å². The molecular formula is C15H18ClN3O. The molecule has 0 aliphatic carbocycles. The molecule has 0 saturated carbocycles. The van der Waals surface area contributed by atoms with Crippen LogP contribution in [0.4, 0.5) is 5.95 Å². The Labute approximate surface area is 124 Å². The third-order valence-corrected chi connectivity index (χ3v) is 3.09. The molecule has 0 bridgehead atoms. The number of hydrogen-bond acceptors (Lipinski definition) is 4. The van der Waals surface area contributed by atoms with Gasteiger partial charge in [-0.3, -0.25) is 0 Å². The summed E-state index contributed by atoms with van der Waals surface area (Å²) >= 11 is 5.89. The summed E-state index contributed by atoms with van der Waals surface area (Å²) in [6.07, 6.45) is 0. The van der Waals surface area contributed by atoms with Crippen LogP contribution in [0.2, 0.25) is 5.02 Å². The molecule has 1 unspecified atom stereocenters. The van der Waals surface area contributed by atoms with Crippen LogP contribution in [0.15, 0.2) is 30.3 Å². The average molecular weight is 292 g/mol. The van der Waals surface area contributed by atoms with Crippen LogP contribution in [0.1, 0.15) is 31.1 Å². The summed E-state index contributed by atoms with van der Waals surface area (Å²) in [5, 5.41) is 4.00. The first kappa shape index (κ1) is 14.6. The van der Waals surface area contributed by atoms with E-state index in [2.05, 4.69) is 22.2 Å². The highest BCUT2D eigenvalue weighted by atomic mass is 35.5. The van der Waals surface area contributed by atoms with Crippen LogP contribution < -0.4 is 10.1 Å². The maximum absolute atomic E-state index is 5.89. The lowest BCUT2D eigenvalue weighted by Gasteiger charge is -2.15. The predicted octanol–water partition coefficient (Wildman–Crippen LogP) is 4.01. The number of hydrogen-bond donors (Lipinski definition) is 1. The molecule has 4 nitrogen and oxygen atoms in total. The molecule has 0 saturated heterocycles. The van der Waals surface area contributed by atoms with Crippen molar-refractivity contribution in [1.82, 2.24) is 9.97 Å². The zero-order chi connectivity index (χ0) is 14.5. The summed E-state index contributed by atoms with van der Waals surface area (Å²) < 4.78 is 5.42. The van der Waals surface area contributed by atoms with Crippen LogP contribution in [-0.4, -0.2) is 16.6 Å². The minimum Gasteiger partial charge on any atom is -0.478 e. The van der Waals surface area contributed by atoms with Crippen molar-refractivity contribution in [1.29, 1.82) is 0 Å². The minimum atomic E-state index is 0.0866. The van der Waals surface area contributed by atoms with Crippen LogP contribution in [0, 0.1) is 6.92 Å². The van der Waals surface area contributed by atoms with E-state index in [1.165, 1.54) is 0 Å². The van der Waals surface area contributed by atoms with Gasteiger partial charge in [0.25, 0.3) is 0 Å². The van der Waals surface area contributed by atoms with Gasteiger partial charge in [0.1, 0.15) is 0 Å². The van der Waals surface area contributed by atoms with E-state index in [-0.39, 0.29) is 6.04 Å². The highest BCUT2D eigenvalue weighted by Crippen LogP contribution is 2.20. The van der Waals surface area contributed by atoms with E-state index in [0.717, 1.165) is 16.3 Å². The molecule has 0 aliphatic heterocycles. The van der Waals surface area contributed by atoms with Crippen molar-refractivity contribution in [2.75, 3.05) is 11.9 Å². The Morgan fingerprint density at radius 2 is 1.95 bits per heavy atom. The van der Waals surface area contributed by atoms with Gasteiger partial charge in [-0.05, 0) is 38.5 Å². The summed E-state index contributed by atoms with van der Waals surface area (Å²) in [4.78, 5) is 8.71. The largest absolute Gasteiger partial charge is 0.478 e. The molecule has 1 heterocycles. The van der Waals surface area contributed by atoms with Gasteiger partial charge in [0.05, 0.1) is 12.6 Å². The van der Waals surface area contributed by atoms with Crippen molar-refractivity contribution in [3.63, 3.8) is 0 Å². The molecule has 5 heteroatoms. The molecule has 0 aliphatic rings. The molecule has 1 aromatic carbocycles. The highest BCUT2D eigenvalue weighted by molar-refractivity contribution is 6.30. The number of ether oxygens (including phenoxy) is 1. The third kappa shape index (κ3) is 3.84. The maximum atomic E-state index is 5.89. The number of aromatic nitrogens is 2. The van der Waals surface area contributed by atoms with E-state index in [4.69, 9.17) is 16.3 Å². The van der Waals surface area contributed by atoms with Gasteiger partial charge in [-0.2, -0.15) is 4.98 Å². The summed E-state index contributed by atoms with van der Waals surface area (Å²) in [6, 6.07) is 9.62. The van der Waals surface area contributed by atoms with E-state index >= 15 is 0 Å². The smallest absolute Gasteiger partial charge is 0.226 e. The van der Waals surface area contributed by atoms with Gasteiger partial charge in [0.2, 0.25) is 11.8 Å². The van der Waals surface area contributed by atoms with Crippen molar-refractivity contribution < 1.29 is 4.74 Å². The number of benzene rings is 1. The number of halogens is 1. The molecule has 106 valence electrons. The number of nitrogens with zero attached hydrogens (tertiary/aromatic N) is 2. The fourth-order valence-corrected chi connectivity index (χ4v) is 1.98. The molecule has 1 N–H and O–H groups in total. The third-order valence-electron chi connectivity index (χ3n) is 2.84. The Morgan fingerprint density at radius 1 is 1.25 bits per heavy atom. The first-order chi connectivity index (χ1) is 9.58. The fraction of sp³-hybridized carbons (Fsp3) is 0.333. The lowest BCUT2D eigenvalue weighted by molar-refractivity contribution is 0.326. The molecule has 0 radical (unpaired) electrons. The van der Waals surface area contributed by atoms with Gasteiger partial charge < -0.3 is 10.1 Å². The highest BCUT2D eigenvalue weighted by Gasteiger charge is 2.09. The molecule has 2 aromatic rings. The Balaban J connectivity index is 2.14. The van der Waals surface area contributed by atoms with Gasteiger partial charge in [-0.25, -0.2) is 4.98 Å². The van der Waals surface area contributed by atoms with E-state index in [9.17, 15) is 0 Å². The van der Waals surface area contributed by atoms with E-state index in [1.54, 1.807) is 0 Å². The quantitative estimate of drug-likeness (QED) is 0.904. The van der Waals surface area contributed by atoms with E-state index in [0.29, 0.717) is 18.4 Å². The Kier molecular flexibility index (Phi) is 4.79. The lowest BCUT2D eigenvalue weighted by atomic mass is 10.1. The zero-order valence-electron chi connectivity index (χ0n) is 11.9. The SMILES string of the molecule is CCOc1cc(C)nc(NC(C)c2ccc(Cl)cc2)n1. The summed E-state index contributed by atoms with van der Waals surface area (Å²) in [7, 11) is 0. The molecule has 2 rings (SSSR count). The maximum Gasteiger partial charge on any atom is 0.226 e. The van der Waals surface area contributed by atoms with E-state index in [1.807, 2.05) is 44.2 Å². The molecule has 1 atom stereocenters. The van der Waals surface area contributed by atoms with Gasteiger partial charge in [-0.1, -0.05) is 23.7 Å². The number of anilines is 1. The summed E-state index contributed by atoms with van der Waals surface area (Å²) in [5.41, 5.74) is 1.99. The van der Waals surface area contributed by atoms with Crippen LogP contribution in [0.5, 0.6) is 5.88 Å². The Morgan fingerprint density at radius 3 is 2.60 bits per heavy atom.